The molecule has 1 aliphatic rings. The summed E-state index contributed by atoms with van der Waals surface area (Å²) in [5.41, 5.74) is 1.66. The third-order valence-electron chi connectivity index (χ3n) is 5.11. The van der Waals surface area contributed by atoms with E-state index in [4.69, 9.17) is 0 Å². The summed E-state index contributed by atoms with van der Waals surface area (Å²) in [6, 6.07) is 12.8. The molecule has 2 heterocycles. The standard InChI is InChI=1S/C21H20FN3O3S2/c22-18-3-1-2-4-19(18)30(27,28)25-12-9-15(10-13-25)20(26)24-17-7-5-16(6-8-17)21-23-11-14-29-21/h1-8,11,14-15H,9-10,12-13H2,(H,24,26). The molecule has 0 saturated carbocycles. The molecule has 6 nitrogen and oxygen atoms in total. The number of piperidine rings is 1. The molecule has 2 aromatic carbocycles. The molecule has 9 heteroatoms. The van der Waals surface area contributed by atoms with Crippen LogP contribution < -0.4 is 5.32 Å². The van der Waals surface area contributed by atoms with Crippen LogP contribution in [0.4, 0.5) is 10.1 Å². The predicted octanol–water partition coefficient (Wildman–Crippen LogP) is 3.99. The maximum absolute atomic E-state index is 13.9. The van der Waals surface area contributed by atoms with Gasteiger partial charge >= 0.3 is 0 Å². The Balaban J connectivity index is 1.36. The van der Waals surface area contributed by atoms with E-state index in [1.165, 1.54) is 22.5 Å². The number of carbonyl (C=O) groups excluding carboxylic acids is 1. The van der Waals surface area contributed by atoms with Gasteiger partial charge in [0.2, 0.25) is 15.9 Å². The third-order valence-corrected chi connectivity index (χ3v) is 7.86. The zero-order valence-corrected chi connectivity index (χ0v) is 17.6. The first-order valence-corrected chi connectivity index (χ1v) is 11.8. The molecule has 156 valence electrons. The van der Waals surface area contributed by atoms with Gasteiger partial charge in [-0.3, -0.25) is 4.79 Å². The third kappa shape index (κ3) is 4.28. The van der Waals surface area contributed by atoms with Gasteiger partial charge in [0.15, 0.2) is 0 Å². The number of thiazole rings is 1. The van der Waals surface area contributed by atoms with Crippen molar-refractivity contribution in [1.29, 1.82) is 0 Å². The number of amides is 1. The fraction of sp³-hybridized carbons (Fsp3) is 0.238. The summed E-state index contributed by atoms with van der Waals surface area (Å²) in [5.74, 6) is -1.20. The summed E-state index contributed by atoms with van der Waals surface area (Å²) in [6.45, 7) is 0.357. The van der Waals surface area contributed by atoms with Gasteiger partial charge in [0.1, 0.15) is 15.7 Å². The van der Waals surface area contributed by atoms with Crippen molar-refractivity contribution in [2.75, 3.05) is 18.4 Å². The lowest BCUT2D eigenvalue weighted by Crippen LogP contribution is -2.41. The number of rotatable bonds is 5. The van der Waals surface area contributed by atoms with Crippen LogP contribution in [0.1, 0.15) is 12.8 Å². The molecule has 3 aromatic rings. The van der Waals surface area contributed by atoms with Crippen molar-refractivity contribution in [3.8, 4) is 10.6 Å². The van der Waals surface area contributed by atoms with Gasteiger partial charge < -0.3 is 5.32 Å². The smallest absolute Gasteiger partial charge is 0.245 e. The Kier molecular flexibility index (Phi) is 5.94. The van der Waals surface area contributed by atoms with Crippen LogP contribution in [0.5, 0.6) is 0 Å². The number of aromatic nitrogens is 1. The second-order valence-corrected chi connectivity index (χ2v) is 9.81. The second-order valence-electron chi connectivity index (χ2n) is 7.01. The van der Waals surface area contributed by atoms with Crippen molar-refractivity contribution >= 4 is 33.0 Å². The van der Waals surface area contributed by atoms with Gasteiger partial charge in [-0.15, -0.1) is 11.3 Å². The highest BCUT2D eigenvalue weighted by Crippen LogP contribution is 2.27. The number of nitrogens with one attached hydrogen (secondary N) is 1. The van der Waals surface area contributed by atoms with E-state index in [2.05, 4.69) is 10.3 Å². The van der Waals surface area contributed by atoms with E-state index >= 15 is 0 Å². The molecule has 0 radical (unpaired) electrons. The number of halogens is 1. The monoisotopic (exact) mass is 445 g/mol. The predicted molar refractivity (Wildman–Crippen MR) is 114 cm³/mol. The van der Waals surface area contributed by atoms with Crippen LogP contribution in [0.25, 0.3) is 10.6 Å². The van der Waals surface area contributed by atoms with E-state index in [0.29, 0.717) is 18.5 Å². The average Bonchev–Trinajstić information content (AvgIpc) is 3.29. The molecular weight excluding hydrogens is 425 g/mol. The van der Waals surface area contributed by atoms with Gasteiger partial charge in [-0.2, -0.15) is 4.31 Å². The van der Waals surface area contributed by atoms with E-state index in [9.17, 15) is 17.6 Å². The molecule has 0 bridgehead atoms. The highest BCUT2D eigenvalue weighted by molar-refractivity contribution is 7.89. The summed E-state index contributed by atoms with van der Waals surface area (Å²) in [6.07, 6.45) is 2.52. The quantitative estimate of drug-likeness (QED) is 0.644. The van der Waals surface area contributed by atoms with E-state index in [0.717, 1.165) is 16.6 Å². The van der Waals surface area contributed by atoms with Crippen molar-refractivity contribution in [2.24, 2.45) is 5.92 Å². The van der Waals surface area contributed by atoms with Crippen LogP contribution in [-0.4, -0.2) is 36.7 Å². The summed E-state index contributed by atoms with van der Waals surface area (Å²) >= 11 is 1.54. The zero-order valence-electron chi connectivity index (χ0n) is 16.0. The lowest BCUT2D eigenvalue weighted by Gasteiger charge is -2.30. The number of hydrogen-bond acceptors (Lipinski definition) is 5. The van der Waals surface area contributed by atoms with E-state index in [-0.39, 0.29) is 29.8 Å². The largest absolute Gasteiger partial charge is 0.326 e. The fourth-order valence-electron chi connectivity index (χ4n) is 3.46. The molecule has 0 atom stereocenters. The Morgan fingerprint density at radius 2 is 1.80 bits per heavy atom. The second kappa shape index (κ2) is 8.63. The summed E-state index contributed by atoms with van der Waals surface area (Å²) in [7, 11) is -3.91. The molecule has 1 N–H and O–H groups in total. The highest BCUT2D eigenvalue weighted by Gasteiger charge is 2.33. The summed E-state index contributed by atoms with van der Waals surface area (Å²) < 4.78 is 40.6. The van der Waals surface area contributed by atoms with Crippen LogP contribution in [0.2, 0.25) is 0 Å². The first-order chi connectivity index (χ1) is 14.4. The number of nitrogens with zero attached hydrogens (tertiary/aromatic N) is 2. The van der Waals surface area contributed by atoms with Crippen LogP contribution in [0.15, 0.2) is 65.0 Å². The van der Waals surface area contributed by atoms with Gasteiger partial charge in [-0.05, 0) is 49.2 Å². The number of carbonyl (C=O) groups is 1. The van der Waals surface area contributed by atoms with E-state index < -0.39 is 15.8 Å². The van der Waals surface area contributed by atoms with Gasteiger partial charge in [0.05, 0.1) is 0 Å². The molecule has 0 unspecified atom stereocenters. The normalized spacial score (nSPS) is 15.8. The van der Waals surface area contributed by atoms with Crippen LogP contribution in [-0.2, 0) is 14.8 Å². The molecule has 30 heavy (non-hydrogen) atoms. The maximum atomic E-state index is 13.9. The summed E-state index contributed by atoms with van der Waals surface area (Å²) in [5, 5.41) is 5.71. The minimum Gasteiger partial charge on any atom is -0.326 e. The van der Waals surface area contributed by atoms with Crippen LogP contribution in [0, 0.1) is 11.7 Å². The minimum absolute atomic E-state index is 0.139. The van der Waals surface area contributed by atoms with Crippen molar-refractivity contribution < 1.29 is 17.6 Å². The Morgan fingerprint density at radius 1 is 1.10 bits per heavy atom. The van der Waals surface area contributed by atoms with Crippen LogP contribution in [0.3, 0.4) is 0 Å². The maximum Gasteiger partial charge on any atom is 0.245 e. The fourth-order valence-corrected chi connectivity index (χ4v) is 5.64. The molecule has 0 aliphatic carbocycles. The Hall–Kier alpha value is -2.62. The van der Waals surface area contributed by atoms with Gasteiger partial charge in [0.25, 0.3) is 0 Å². The Labute approximate surface area is 178 Å². The van der Waals surface area contributed by atoms with Gasteiger partial charge in [-0.1, -0.05) is 12.1 Å². The molecule has 4 rings (SSSR count). The molecule has 1 aliphatic heterocycles. The lowest BCUT2D eigenvalue weighted by atomic mass is 9.97. The Morgan fingerprint density at radius 3 is 2.43 bits per heavy atom. The first-order valence-electron chi connectivity index (χ1n) is 9.50. The molecule has 1 saturated heterocycles. The minimum atomic E-state index is -3.91. The van der Waals surface area contributed by atoms with Crippen molar-refractivity contribution in [3.05, 3.63) is 65.9 Å². The van der Waals surface area contributed by atoms with E-state index in [1.54, 1.807) is 17.5 Å². The van der Waals surface area contributed by atoms with Crippen molar-refractivity contribution in [3.63, 3.8) is 0 Å². The van der Waals surface area contributed by atoms with Crippen LogP contribution >= 0.6 is 11.3 Å². The van der Waals surface area contributed by atoms with Gasteiger partial charge in [0, 0.05) is 41.8 Å². The molecular formula is C21H20FN3O3S2. The van der Waals surface area contributed by atoms with Crippen molar-refractivity contribution in [1.82, 2.24) is 9.29 Å². The highest BCUT2D eigenvalue weighted by atomic mass is 32.2. The summed E-state index contributed by atoms with van der Waals surface area (Å²) in [4.78, 5) is 16.5. The van der Waals surface area contributed by atoms with Crippen molar-refractivity contribution in [2.45, 2.75) is 17.7 Å². The SMILES string of the molecule is O=C(Nc1ccc(-c2nccs2)cc1)C1CCN(S(=O)(=O)c2ccccc2F)CC1. The molecule has 1 amide bonds. The van der Waals surface area contributed by atoms with E-state index in [1.807, 2.05) is 29.6 Å². The number of hydrogen-bond donors (Lipinski definition) is 1. The zero-order chi connectivity index (χ0) is 21.1. The topological polar surface area (TPSA) is 79.4 Å². The average molecular weight is 446 g/mol. The number of anilines is 1. The molecule has 1 fully saturated rings. The molecule has 1 aromatic heterocycles. The first kappa shape index (κ1) is 20.6. The van der Waals surface area contributed by atoms with Gasteiger partial charge in [-0.25, -0.2) is 17.8 Å². The number of sulfonamides is 1. The lowest BCUT2D eigenvalue weighted by molar-refractivity contribution is -0.120. The Bertz CT molecular complexity index is 1120. The number of benzene rings is 2. The molecule has 0 spiro atoms.